The van der Waals surface area contributed by atoms with Gasteiger partial charge in [-0.3, -0.25) is 10.1 Å². The van der Waals surface area contributed by atoms with Gasteiger partial charge in [0.1, 0.15) is 6.61 Å². The fraction of sp³-hybridized carbons (Fsp3) is 0.562. The first-order valence-electron chi connectivity index (χ1n) is 8.10. The third kappa shape index (κ3) is 3.81. The van der Waals surface area contributed by atoms with Crippen LogP contribution in [-0.2, 0) is 11.3 Å². The van der Waals surface area contributed by atoms with Gasteiger partial charge in [0.2, 0.25) is 0 Å². The molecule has 0 saturated carbocycles. The van der Waals surface area contributed by atoms with Crippen molar-refractivity contribution >= 4 is 24.4 Å². The Morgan fingerprint density at radius 2 is 2.17 bits per heavy atom. The summed E-state index contributed by atoms with van der Waals surface area (Å²) < 4.78 is 5.41. The van der Waals surface area contributed by atoms with Crippen LogP contribution in [0.1, 0.15) is 18.4 Å². The van der Waals surface area contributed by atoms with Crippen LogP contribution in [0.5, 0.6) is 0 Å². The van der Waals surface area contributed by atoms with Gasteiger partial charge in [0.25, 0.3) is 5.69 Å². The number of hydrogen-bond acceptors (Lipinski definition) is 6. The standard InChI is InChI=1S/C16H21N3O4S/c20-16(23-10-11-1-3-13(4-2-11)19(21)22)18-9-14(24)7-15(18)12-5-6-17-8-12/h1-4,12,14-15,17,24H,5-10H2/t12-,14-,15-/m0/s1. The highest BCUT2D eigenvalue weighted by Crippen LogP contribution is 2.31. The van der Waals surface area contributed by atoms with Crippen LogP contribution in [-0.4, -0.2) is 46.8 Å². The van der Waals surface area contributed by atoms with E-state index < -0.39 is 4.92 Å². The lowest BCUT2D eigenvalue weighted by Crippen LogP contribution is -2.41. The fourth-order valence-electron chi connectivity index (χ4n) is 3.45. The first kappa shape index (κ1) is 17.0. The molecule has 0 unspecified atom stereocenters. The molecule has 2 aliphatic heterocycles. The van der Waals surface area contributed by atoms with Crippen LogP contribution in [0.3, 0.4) is 0 Å². The van der Waals surface area contributed by atoms with E-state index in [1.165, 1.54) is 12.1 Å². The fourth-order valence-corrected chi connectivity index (χ4v) is 3.84. The molecule has 1 N–H and O–H groups in total. The molecule has 0 aromatic heterocycles. The predicted molar refractivity (Wildman–Crippen MR) is 92.1 cm³/mol. The molecule has 130 valence electrons. The number of amides is 1. The smallest absolute Gasteiger partial charge is 0.410 e. The van der Waals surface area contributed by atoms with Gasteiger partial charge in [0.05, 0.1) is 4.92 Å². The van der Waals surface area contributed by atoms with Gasteiger partial charge in [-0.15, -0.1) is 0 Å². The molecule has 2 saturated heterocycles. The van der Waals surface area contributed by atoms with E-state index in [0.29, 0.717) is 12.5 Å². The van der Waals surface area contributed by atoms with Crippen molar-refractivity contribution in [3.05, 3.63) is 39.9 Å². The lowest BCUT2D eigenvalue weighted by molar-refractivity contribution is -0.384. The van der Waals surface area contributed by atoms with E-state index in [2.05, 4.69) is 17.9 Å². The summed E-state index contributed by atoms with van der Waals surface area (Å²) in [4.78, 5) is 24.4. The molecule has 1 aromatic rings. The molecule has 2 aliphatic rings. The molecule has 0 spiro atoms. The molecule has 0 aliphatic carbocycles. The number of carbonyl (C=O) groups excluding carboxylic acids is 1. The minimum atomic E-state index is -0.451. The average molecular weight is 351 g/mol. The Kier molecular flexibility index (Phi) is 5.25. The van der Waals surface area contributed by atoms with Gasteiger partial charge in [-0.2, -0.15) is 12.6 Å². The Hall–Kier alpha value is -1.80. The number of nitrogens with zero attached hydrogens (tertiary/aromatic N) is 2. The van der Waals surface area contributed by atoms with E-state index in [1.54, 1.807) is 17.0 Å². The maximum Gasteiger partial charge on any atom is 0.410 e. The maximum absolute atomic E-state index is 12.4. The molecular formula is C16H21N3O4S. The van der Waals surface area contributed by atoms with Crippen molar-refractivity contribution in [1.29, 1.82) is 0 Å². The number of benzene rings is 1. The number of rotatable bonds is 4. The van der Waals surface area contributed by atoms with E-state index >= 15 is 0 Å². The SMILES string of the molecule is O=C(OCc1ccc([N+](=O)[O-])cc1)N1C[C@@H](S)C[C@H]1[C@H]1CCNC1. The van der Waals surface area contributed by atoms with E-state index in [9.17, 15) is 14.9 Å². The third-order valence-electron chi connectivity index (χ3n) is 4.71. The second-order valence-corrected chi connectivity index (χ2v) is 7.07. The number of thiol groups is 1. The Bertz CT molecular complexity index is 604. The number of ether oxygens (including phenoxy) is 1. The van der Waals surface area contributed by atoms with Crippen LogP contribution in [0.25, 0.3) is 0 Å². The molecule has 7 nitrogen and oxygen atoms in total. The summed E-state index contributed by atoms with van der Waals surface area (Å²) >= 11 is 4.53. The van der Waals surface area contributed by atoms with Crippen molar-refractivity contribution in [2.75, 3.05) is 19.6 Å². The average Bonchev–Trinajstić information content (AvgIpc) is 3.22. The zero-order valence-corrected chi connectivity index (χ0v) is 14.2. The summed E-state index contributed by atoms with van der Waals surface area (Å²) in [5.74, 6) is 0.453. The van der Waals surface area contributed by atoms with E-state index in [0.717, 1.165) is 31.5 Å². The first-order chi connectivity index (χ1) is 11.5. The minimum Gasteiger partial charge on any atom is -0.445 e. The second kappa shape index (κ2) is 7.40. The van der Waals surface area contributed by atoms with Crippen LogP contribution < -0.4 is 5.32 Å². The topological polar surface area (TPSA) is 84.7 Å². The summed E-state index contributed by atoms with van der Waals surface area (Å²) in [6, 6.07) is 6.21. The van der Waals surface area contributed by atoms with Gasteiger partial charge >= 0.3 is 6.09 Å². The summed E-state index contributed by atoms with van der Waals surface area (Å²) in [7, 11) is 0. The van der Waals surface area contributed by atoms with Crippen LogP contribution in [0, 0.1) is 16.0 Å². The van der Waals surface area contributed by atoms with Crippen LogP contribution in [0.4, 0.5) is 10.5 Å². The number of nitro benzene ring substituents is 1. The van der Waals surface area contributed by atoms with E-state index in [4.69, 9.17) is 4.74 Å². The highest BCUT2D eigenvalue weighted by molar-refractivity contribution is 7.81. The van der Waals surface area contributed by atoms with Gasteiger partial charge in [0.15, 0.2) is 0 Å². The highest BCUT2D eigenvalue weighted by Gasteiger charge is 2.40. The quantitative estimate of drug-likeness (QED) is 0.494. The molecule has 2 heterocycles. The van der Waals surface area contributed by atoms with Crippen molar-refractivity contribution < 1.29 is 14.5 Å². The van der Waals surface area contributed by atoms with Gasteiger partial charge in [-0.25, -0.2) is 4.79 Å². The lowest BCUT2D eigenvalue weighted by atomic mass is 9.97. The van der Waals surface area contributed by atoms with E-state index in [-0.39, 0.29) is 29.7 Å². The Labute approximate surface area is 145 Å². The number of non-ortho nitro benzene ring substituents is 1. The molecule has 2 fully saturated rings. The van der Waals surface area contributed by atoms with Gasteiger partial charge < -0.3 is 15.0 Å². The van der Waals surface area contributed by atoms with Gasteiger partial charge in [0, 0.05) is 30.0 Å². The van der Waals surface area contributed by atoms with Crippen molar-refractivity contribution in [2.45, 2.75) is 30.7 Å². The van der Waals surface area contributed by atoms with Crippen LogP contribution >= 0.6 is 12.6 Å². The number of hydrogen-bond donors (Lipinski definition) is 2. The molecule has 1 amide bonds. The molecule has 0 radical (unpaired) electrons. The molecule has 8 heteroatoms. The molecule has 3 rings (SSSR count). The largest absolute Gasteiger partial charge is 0.445 e. The van der Waals surface area contributed by atoms with Crippen LogP contribution in [0.15, 0.2) is 24.3 Å². The third-order valence-corrected chi connectivity index (χ3v) is 5.08. The van der Waals surface area contributed by atoms with Crippen molar-refractivity contribution in [1.82, 2.24) is 10.2 Å². The normalized spacial score (nSPS) is 26.5. The minimum absolute atomic E-state index is 0.0244. The second-order valence-electron chi connectivity index (χ2n) is 6.34. The highest BCUT2D eigenvalue weighted by atomic mass is 32.1. The summed E-state index contributed by atoms with van der Waals surface area (Å²) in [5.41, 5.74) is 0.756. The molecule has 24 heavy (non-hydrogen) atoms. The number of likely N-dealkylation sites (tertiary alicyclic amines) is 1. The Balaban J connectivity index is 1.58. The summed E-state index contributed by atoms with van der Waals surface area (Å²) in [6.07, 6.45) is 1.63. The zero-order chi connectivity index (χ0) is 17.1. The molecule has 0 bridgehead atoms. The van der Waals surface area contributed by atoms with Gasteiger partial charge in [-0.05, 0) is 49.5 Å². The number of nitrogens with one attached hydrogen (secondary N) is 1. The zero-order valence-electron chi connectivity index (χ0n) is 13.3. The molecule has 1 aromatic carbocycles. The Morgan fingerprint density at radius 3 is 2.79 bits per heavy atom. The molecule has 3 atom stereocenters. The van der Waals surface area contributed by atoms with Crippen molar-refractivity contribution in [3.8, 4) is 0 Å². The van der Waals surface area contributed by atoms with Gasteiger partial charge in [-0.1, -0.05) is 0 Å². The lowest BCUT2D eigenvalue weighted by Gasteiger charge is -2.28. The Morgan fingerprint density at radius 1 is 1.42 bits per heavy atom. The number of carbonyl (C=O) groups is 1. The van der Waals surface area contributed by atoms with Crippen molar-refractivity contribution in [3.63, 3.8) is 0 Å². The first-order valence-corrected chi connectivity index (χ1v) is 8.61. The van der Waals surface area contributed by atoms with E-state index in [1.807, 2.05) is 0 Å². The predicted octanol–water partition coefficient (Wildman–Crippen LogP) is 2.21. The summed E-state index contributed by atoms with van der Waals surface area (Å²) in [6.45, 7) is 2.63. The maximum atomic E-state index is 12.4. The number of nitro groups is 1. The summed E-state index contributed by atoms with van der Waals surface area (Å²) in [5, 5.41) is 14.2. The van der Waals surface area contributed by atoms with Crippen LogP contribution in [0.2, 0.25) is 0 Å². The molecular weight excluding hydrogens is 330 g/mol. The van der Waals surface area contributed by atoms with Crippen molar-refractivity contribution in [2.24, 2.45) is 5.92 Å². The monoisotopic (exact) mass is 351 g/mol.